The fraction of sp³-hybridized carbons (Fsp3) is 0.286. The monoisotopic (exact) mass is 395 g/mol. The molecule has 5 rings (SSSR count). The second kappa shape index (κ2) is 7.04. The Morgan fingerprint density at radius 2 is 1.93 bits per heavy atom. The molecule has 0 atom stereocenters. The number of amides is 1. The van der Waals surface area contributed by atoms with Crippen LogP contribution < -0.4 is 10.6 Å². The molecule has 2 N–H and O–H groups in total. The molecule has 0 radical (unpaired) electrons. The Morgan fingerprint density at radius 1 is 1.14 bits per heavy atom. The van der Waals surface area contributed by atoms with Crippen LogP contribution in [0.2, 0.25) is 0 Å². The highest BCUT2D eigenvalue weighted by Gasteiger charge is 2.34. The summed E-state index contributed by atoms with van der Waals surface area (Å²) in [5.74, 6) is -1.07. The van der Waals surface area contributed by atoms with E-state index in [-0.39, 0.29) is 23.1 Å². The summed E-state index contributed by atoms with van der Waals surface area (Å²) in [6, 6.07) is 9.27. The summed E-state index contributed by atoms with van der Waals surface area (Å²) < 4.78 is 29.7. The maximum atomic E-state index is 14.9. The molecule has 8 heteroatoms. The lowest BCUT2D eigenvalue weighted by Gasteiger charge is -2.19. The topological polar surface area (TPSA) is 71.8 Å². The number of nitrogens with zero attached hydrogens (tertiary/aromatic N) is 3. The summed E-state index contributed by atoms with van der Waals surface area (Å²) in [6.07, 6.45) is 2.43. The highest BCUT2D eigenvalue weighted by atomic mass is 19.1. The minimum Gasteiger partial charge on any atom is -0.318 e. The Morgan fingerprint density at radius 3 is 2.69 bits per heavy atom. The van der Waals surface area contributed by atoms with E-state index in [1.54, 1.807) is 22.9 Å². The first-order chi connectivity index (χ1) is 14.1. The van der Waals surface area contributed by atoms with Crippen LogP contribution in [0.5, 0.6) is 0 Å². The first kappa shape index (κ1) is 17.9. The van der Waals surface area contributed by atoms with Crippen LogP contribution in [-0.2, 0) is 13.0 Å². The van der Waals surface area contributed by atoms with Crippen molar-refractivity contribution in [1.82, 2.24) is 20.3 Å². The van der Waals surface area contributed by atoms with Crippen molar-refractivity contribution in [3.63, 3.8) is 0 Å². The van der Waals surface area contributed by atoms with Crippen molar-refractivity contribution >= 4 is 11.6 Å². The molecule has 0 bridgehead atoms. The number of nitrogens with one attached hydrogen (secondary N) is 2. The average molecular weight is 395 g/mol. The van der Waals surface area contributed by atoms with Crippen molar-refractivity contribution in [2.75, 3.05) is 11.9 Å². The van der Waals surface area contributed by atoms with Crippen molar-refractivity contribution in [3.05, 3.63) is 70.5 Å². The maximum Gasteiger partial charge on any atom is 0.278 e. The van der Waals surface area contributed by atoms with E-state index >= 15 is 0 Å². The van der Waals surface area contributed by atoms with Crippen molar-refractivity contribution in [1.29, 1.82) is 0 Å². The SMILES string of the molecule is O=C(Nc1ccc2c(c1F)CCNC2)c1nnn(-c2ccc(F)cc2)c1C1CC1. The van der Waals surface area contributed by atoms with Gasteiger partial charge in [0.15, 0.2) is 5.69 Å². The van der Waals surface area contributed by atoms with Gasteiger partial charge in [-0.15, -0.1) is 5.10 Å². The second-order valence-corrected chi connectivity index (χ2v) is 7.43. The van der Waals surface area contributed by atoms with Gasteiger partial charge in [0.2, 0.25) is 0 Å². The number of anilines is 1. The van der Waals surface area contributed by atoms with E-state index in [0.29, 0.717) is 36.5 Å². The van der Waals surface area contributed by atoms with Gasteiger partial charge in [0, 0.05) is 12.5 Å². The van der Waals surface area contributed by atoms with Gasteiger partial charge in [-0.3, -0.25) is 4.79 Å². The molecule has 6 nitrogen and oxygen atoms in total. The number of aromatic nitrogens is 3. The molecular formula is C21H19F2N5O. The van der Waals surface area contributed by atoms with Crippen molar-refractivity contribution in [2.45, 2.75) is 31.7 Å². The highest BCUT2D eigenvalue weighted by Crippen LogP contribution is 2.42. The average Bonchev–Trinajstić information content (AvgIpc) is 3.48. The molecule has 0 spiro atoms. The fourth-order valence-corrected chi connectivity index (χ4v) is 3.76. The zero-order valence-electron chi connectivity index (χ0n) is 15.6. The first-order valence-corrected chi connectivity index (χ1v) is 9.65. The Balaban J connectivity index is 1.47. The lowest BCUT2D eigenvalue weighted by Crippen LogP contribution is -2.25. The van der Waals surface area contributed by atoms with Gasteiger partial charge in [-0.05, 0) is 67.3 Å². The van der Waals surface area contributed by atoms with Gasteiger partial charge in [0.25, 0.3) is 5.91 Å². The number of halogens is 2. The number of benzene rings is 2. The Bertz CT molecular complexity index is 1090. The molecule has 29 heavy (non-hydrogen) atoms. The molecule has 1 fully saturated rings. The molecular weight excluding hydrogens is 376 g/mol. The van der Waals surface area contributed by atoms with Crippen LogP contribution in [0.3, 0.4) is 0 Å². The highest BCUT2D eigenvalue weighted by molar-refractivity contribution is 6.04. The predicted octanol–water partition coefficient (Wildman–Crippen LogP) is 3.32. The van der Waals surface area contributed by atoms with E-state index < -0.39 is 11.7 Å². The molecule has 1 aliphatic heterocycles. The largest absolute Gasteiger partial charge is 0.318 e. The number of hydrogen-bond donors (Lipinski definition) is 2. The number of carbonyl (C=O) groups is 1. The van der Waals surface area contributed by atoms with E-state index in [2.05, 4.69) is 20.9 Å². The molecule has 1 aliphatic carbocycles. The molecule has 1 amide bonds. The third-order valence-electron chi connectivity index (χ3n) is 5.41. The van der Waals surface area contributed by atoms with E-state index in [1.807, 2.05) is 6.07 Å². The number of hydrogen-bond acceptors (Lipinski definition) is 4. The zero-order chi connectivity index (χ0) is 20.0. The van der Waals surface area contributed by atoms with E-state index in [0.717, 1.165) is 18.4 Å². The van der Waals surface area contributed by atoms with Gasteiger partial charge in [-0.2, -0.15) is 0 Å². The standard InChI is InChI=1S/C21H19F2N5O/c22-14-4-6-15(7-5-14)28-20(12-1-2-12)19(26-27-28)21(29)25-17-8-3-13-11-24-10-9-16(13)18(17)23/h3-8,12,24H,1-2,9-11H2,(H,25,29). The maximum absolute atomic E-state index is 14.9. The predicted molar refractivity (Wildman–Crippen MR) is 103 cm³/mol. The fourth-order valence-electron chi connectivity index (χ4n) is 3.76. The first-order valence-electron chi connectivity index (χ1n) is 9.65. The Kier molecular flexibility index (Phi) is 4.35. The molecule has 0 unspecified atom stereocenters. The van der Waals surface area contributed by atoms with Gasteiger partial charge in [-0.25, -0.2) is 13.5 Å². The van der Waals surface area contributed by atoms with Crippen LogP contribution in [0.1, 0.15) is 46.1 Å². The van der Waals surface area contributed by atoms with Gasteiger partial charge < -0.3 is 10.6 Å². The van der Waals surface area contributed by atoms with Crippen LogP contribution in [0.25, 0.3) is 5.69 Å². The number of fused-ring (bicyclic) bond motifs is 1. The van der Waals surface area contributed by atoms with Crippen LogP contribution in [0, 0.1) is 11.6 Å². The molecule has 1 saturated carbocycles. The normalized spacial score (nSPS) is 15.8. The molecule has 2 aliphatic rings. The van der Waals surface area contributed by atoms with Crippen LogP contribution in [0.15, 0.2) is 36.4 Å². The lowest BCUT2D eigenvalue weighted by molar-refractivity contribution is 0.102. The minimum absolute atomic E-state index is 0.147. The summed E-state index contributed by atoms with van der Waals surface area (Å²) in [5, 5.41) is 14.0. The zero-order valence-corrected chi connectivity index (χ0v) is 15.6. The van der Waals surface area contributed by atoms with E-state index in [1.165, 1.54) is 12.1 Å². The number of rotatable bonds is 4. The number of carbonyl (C=O) groups excluding carboxylic acids is 1. The lowest BCUT2D eigenvalue weighted by atomic mass is 9.99. The summed E-state index contributed by atoms with van der Waals surface area (Å²) in [7, 11) is 0. The summed E-state index contributed by atoms with van der Waals surface area (Å²) in [4.78, 5) is 12.9. The Hall–Kier alpha value is -3.13. The molecule has 0 saturated heterocycles. The molecule has 1 aromatic heterocycles. The van der Waals surface area contributed by atoms with Crippen LogP contribution >= 0.6 is 0 Å². The molecule has 148 valence electrons. The molecule has 2 heterocycles. The van der Waals surface area contributed by atoms with Crippen molar-refractivity contribution in [2.24, 2.45) is 0 Å². The quantitative estimate of drug-likeness (QED) is 0.711. The van der Waals surface area contributed by atoms with Crippen LogP contribution in [-0.4, -0.2) is 27.4 Å². The summed E-state index contributed by atoms with van der Waals surface area (Å²) in [5.41, 5.74) is 3.18. The van der Waals surface area contributed by atoms with Crippen molar-refractivity contribution < 1.29 is 13.6 Å². The van der Waals surface area contributed by atoms with Gasteiger partial charge in [0.1, 0.15) is 11.6 Å². The van der Waals surface area contributed by atoms with Crippen LogP contribution in [0.4, 0.5) is 14.5 Å². The van der Waals surface area contributed by atoms with Gasteiger partial charge in [0.05, 0.1) is 17.1 Å². The molecule has 2 aromatic carbocycles. The summed E-state index contributed by atoms with van der Waals surface area (Å²) in [6.45, 7) is 1.33. The van der Waals surface area contributed by atoms with Crippen molar-refractivity contribution in [3.8, 4) is 5.69 Å². The second-order valence-electron chi connectivity index (χ2n) is 7.43. The third-order valence-corrected chi connectivity index (χ3v) is 5.41. The molecule has 3 aromatic rings. The Labute approximate surface area is 165 Å². The summed E-state index contributed by atoms with van der Waals surface area (Å²) >= 11 is 0. The third kappa shape index (κ3) is 3.29. The minimum atomic E-state index is -0.493. The van der Waals surface area contributed by atoms with Gasteiger partial charge in [-0.1, -0.05) is 11.3 Å². The van der Waals surface area contributed by atoms with E-state index in [9.17, 15) is 13.6 Å². The smallest absolute Gasteiger partial charge is 0.278 e. The van der Waals surface area contributed by atoms with E-state index in [4.69, 9.17) is 0 Å². The van der Waals surface area contributed by atoms with Gasteiger partial charge >= 0.3 is 0 Å².